The third kappa shape index (κ3) is 11.7. The zero-order valence-corrected chi connectivity index (χ0v) is 33.8. The quantitative estimate of drug-likeness (QED) is 0.0648. The van der Waals surface area contributed by atoms with Gasteiger partial charge in [0.2, 0.25) is 53.2 Å². The molecule has 4 fully saturated rings. The van der Waals surface area contributed by atoms with E-state index in [1.54, 1.807) is 0 Å². The minimum absolute atomic E-state index is 0.0153. The number of rotatable bonds is 18. The normalized spacial score (nSPS) is 23.2. The molecule has 0 radical (unpaired) electrons. The lowest BCUT2D eigenvalue weighted by Gasteiger charge is -2.33. The summed E-state index contributed by atoms with van der Waals surface area (Å²) in [5, 5.41) is 28.4. The van der Waals surface area contributed by atoms with Gasteiger partial charge in [0.1, 0.15) is 42.3 Å². The second kappa shape index (κ2) is 20.9. The van der Waals surface area contributed by atoms with E-state index in [0.717, 1.165) is 4.90 Å². The lowest BCUT2D eigenvalue weighted by atomic mass is 10.1. The number of nitrogens with one attached hydrogen (secondary N) is 4. The van der Waals surface area contributed by atoms with Crippen molar-refractivity contribution in [2.45, 2.75) is 133 Å². The summed E-state index contributed by atoms with van der Waals surface area (Å²) in [6, 6.07) is -9.02. The van der Waals surface area contributed by atoms with E-state index in [2.05, 4.69) is 21.3 Å². The third-order valence-corrected chi connectivity index (χ3v) is 11.2. The van der Waals surface area contributed by atoms with E-state index >= 15 is 0 Å². The van der Waals surface area contributed by atoms with Crippen LogP contribution >= 0.6 is 0 Å². The summed E-state index contributed by atoms with van der Waals surface area (Å²) in [7, 11) is 0. The smallest absolute Gasteiger partial charge is 0.305 e. The molecular weight excluding hydrogens is 792 g/mol. The van der Waals surface area contributed by atoms with Crippen molar-refractivity contribution in [1.29, 1.82) is 0 Å². The zero-order valence-electron chi connectivity index (χ0n) is 33.8. The van der Waals surface area contributed by atoms with E-state index in [1.807, 2.05) is 0 Å². The number of carboxylic acids is 2. The molecule has 0 aromatic rings. The lowest BCUT2D eigenvalue weighted by Crippen LogP contribution is -2.59. The molecule has 0 unspecified atom stereocenters. The number of carboxylic acid groups (broad SMARTS) is 2. The molecule has 4 saturated heterocycles. The number of nitrogens with zero attached hydrogens (tertiary/aromatic N) is 4. The molecule has 23 heteroatoms. The van der Waals surface area contributed by atoms with Gasteiger partial charge in [-0.1, -0.05) is 0 Å². The number of nitrogens with two attached hydrogens (primary N) is 2. The molecule has 332 valence electrons. The molecule has 9 amide bonds. The van der Waals surface area contributed by atoms with Crippen molar-refractivity contribution in [2.24, 2.45) is 11.5 Å². The Kier molecular flexibility index (Phi) is 16.3. The summed E-state index contributed by atoms with van der Waals surface area (Å²) in [4.78, 5) is 146. The monoisotopic (exact) mass is 848 g/mol. The largest absolute Gasteiger partial charge is 0.481 e. The number of carbonyl (C=O) groups excluding carboxylic acids is 9. The Bertz CT molecular complexity index is 1730. The lowest BCUT2D eigenvalue weighted by molar-refractivity contribution is -0.148. The SMILES string of the molecule is C[C@H](N)C(=O)N1CCC[C@H]1C(=O)NCC(=O)N[C@@H](CC(=O)O)C(=O)N[C@@H](CCC(=O)O)C(=O)N1CCC[C@H]1C(=O)N[C@@H](C)C(=O)N1CCC[C@H]1C(=O)N1CCC[C@H]1C(N)=O. The first-order chi connectivity index (χ1) is 28.3. The standard InChI is InChI=1S/C37H56N10O13/c1-19(38)34(57)45-14-4-8-24(45)32(55)40-18-27(48)42-22(17-29(51)52)31(54)43-21(11-12-28(49)50)36(59)46-15-5-9-25(46)33(56)41-20(2)35(58)47-16-6-10-26(47)37(60)44-13-3-7-23(44)30(39)53/h19-26H,3-18,38H2,1-2H3,(H2,39,53)(H,40,55)(H,41,56)(H,42,48)(H,43,54)(H,49,50)(H,51,52)/t19-,20-,21-,22-,23-,24-,25-,26-/m0/s1. The van der Waals surface area contributed by atoms with Gasteiger partial charge in [-0.05, 0) is 71.6 Å². The van der Waals surface area contributed by atoms with Crippen LogP contribution in [0.15, 0.2) is 0 Å². The highest BCUT2D eigenvalue weighted by molar-refractivity contribution is 5.99. The minimum atomic E-state index is -1.78. The maximum atomic E-state index is 13.9. The number of amides is 9. The number of carbonyl (C=O) groups is 11. The van der Waals surface area contributed by atoms with Crippen molar-refractivity contribution in [1.82, 2.24) is 40.9 Å². The highest BCUT2D eigenvalue weighted by Gasteiger charge is 2.44. The van der Waals surface area contributed by atoms with Gasteiger partial charge in [-0.15, -0.1) is 0 Å². The van der Waals surface area contributed by atoms with Gasteiger partial charge < -0.3 is 62.5 Å². The van der Waals surface area contributed by atoms with E-state index < -0.39 is 139 Å². The van der Waals surface area contributed by atoms with E-state index in [0.29, 0.717) is 58.0 Å². The van der Waals surface area contributed by atoms with Crippen LogP contribution in [0.25, 0.3) is 0 Å². The van der Waals surface area contributed by atoms with Crippen LogP contribution in [-0.4, -0.2) is 176 Å². The maximum absolute atomic E-state index is 13.9. The van der Waals surface area contributed by atoms with Crippen molar-refractivity contribution in [3.8, 4) is 0 Å². The predicted octanol–water partition coefficient (Wildman–Crippen LogP) is -4.29. The van der Waals surface area contributed by atoms with Crippen LogP contribution in [0.5, 0.6) is 0 Å². The molecular formula is C37H56N10O13. The molecule has 0 spiro atoms. The first kappa shape index (κ1) is 46.8. The van der Waals surface area contributed by atoms with Crippen molar-refractivity contribution in [2.75, 3.05) is 32.7 Å². The van der Waals surface area contributed by atoms with Gasteiger partial charge in [0.25, 0.3) is 0 Å². The highest BCUT2D eigenvalue weighted by atomic mass is 16.4. The summed E-state index contributed by atoms with van der Waals surface area (Å²) in [5.74, 6) is -9.26. The molecule has 0 bridgehead atoms. The van der Waals surface area contributed by atoms with Gasteiger partial charge in [-0.3, -0.25) is 52.7 Å². The van der Waals surface area contributed by atoms with Crippen LogP contribution in [0, 0.1) is 0 Å². The number of hydrogen-bond acceptors (Lipinski definition) is 12. The molecule has 8 atom stereocenters. The summed E-state index contributed by atoms with van der Waals surface area (Å²) < 4.78 is 0. The molecule has 4 rings (SSSR count). The molecule has 23 nitrogen and oxygen atoms in total. The maximum Gasteiger partial charge on any atom is 0.305 e. The Morgan fingerprint density at radius 3 is 1.68 bits per heavy atom. The number of primary amides is 1. The Balaban J connectivity index is 1.39. The van der Waals surface area contributed by atoms with Crippen LogP contribution in [0.1, 0.15) is 84.5 Å². The zero-order chi connectivity index (χ0) is 44.4. The molecule has 0 aliphatic carbocycles. The van der Waals surface area contributed by atoms with Gasteiger partial charge in [-0.2, -0.15) is 0 Å². The Hall–Kier alpha value is -5.87. The second-order valence-corrected chi connectivity index (χ2v) is 15.6. The van der Waals surface area contributed by atoms with E-state index in [1.165, 1.54) is 28.5 Å². The fourth-order valence-electron chi connectivity index (χ4n) is 8.20. The molecule has 4 heterocycles. The van der Waals surface area contributed by atoms with Crippen molar-refractivity contribution < 1.29 is 63.0 Å². The highest BCUT2D eigenvalue weighted by Crippen LogP contribution is 2.26. The van der Waals surface area contributed by atoms with E-state index in [4.69, 9.17) is 11.5 Å². The molecule has 10 N–H and O–H groups in total. The number of hydrogen-bond donors (Lipinski definition) is 8. The fourth-order valence-corrected chi connectivity index (χ4v) is 8.20. The first-order valence-electron chi connectivity index (χ1n) is 20.2. The molecule has 0 aromatic heterocycles. The van der Waals surface area contributed by atoms with Crippen LogP contribution in [0.4, 0.5) is 0 Å². The van der Waals surface area contributed by atoms with Crippen LogP contribution < -0.4 is 32.7 Å². The Morgan fingerprint density at radius 1 is 0.617 bits per heavy atom. The van der Waals surface area contributed by atoms with Gasteiger partial charge >= 0.3 is 11.9 Å². The van der Waals surface area contributed by atoms with Crippen molar-refractivity contribution >= 4 is 65.1 Å². The van der Waals surface area contributed by atoms with E-state index in [-0.39, 0.29) is 19.5 Å². The van der Waals surface area contributed by atoms with Crippen LogP contribution in [0.2, 0.25) is 0 Å². The van der Waals surface area contributed by atoms with Crippen LogP contribution in [0.3, 0.4) is 0 Å². The summed E-state index contributed by atoms with van der Waals surface area (Å²) >= 11 is 0. The second-order valence-electron chi connectivity index (χ2n) is 15.6. The van der Waals surface area contributed by atoms with Crippen LogP contribution in [-0.2, 0) is 52.7 Å². The van der Waals surface area contributed by atoms with Gasteiger partial charge in [0.05, 0.1) is 19.0 Å². The minimum Gasteiger partial charge on any atom is -0.481 e. The van der Waals surface area contributed by atoms with Gasteiger partial charge in [-0.25, -0.2) is 0 Å². The van der Waals surface area contributed by atoms with E-state index in [9.17, 15) is 63.0 Å². The predicted molar refractivity (Wildman–Crippen MR) is 205 cm³/mol. The average Bonchev–Trinajstić information content (AvgIpc) is 4.03. The number of likely N-dealkylation sites (tertiary alicyclic amines) is 4. The first-order valence-corrected chi connectivity index (χ1v) is 20.2. The topological polar surface area (TPSA) is 341 Å². The number of aliphatic carboxylic acids is 2. The summed E-state index contributed by atoms with van der Waals surface area (Å²) in [5.41, 5.74) is 11.2. The van der Waals surface area contributed by atoms with Crippen molar-refractivity contribution in [3.63, 3.8) is 0 Å². The fraction of sp³-hybridized carbons (Fsp3) is 0.703. The molecule has 4 aliphatic heterocycles. The third-order valence-electron chi connectivity index (χ3n) is 11.2. The molecule has 60 heavy (non-hydrogen) atoms. The Morgan fingerprint density at radius 2 is 1.13 bits per heavy atom. The summed E-state index contributed by atoms with van der Waals surface area (Å²) in [6.07, 6.45) is 1.14. The average molecular weight is 849 g/mol. The van der Waals surface area contributed by atoms with Gasteiger partial charge in [0, 0.05) is 32.6 Å². The molecule has 4 aliphatic rings. The molecule has 0 aromatic carbocycles. The van der Waals surface area contributed by atoms with Gasteiger partial charge in [0.15, 0.2) is 0 Å². The molecule has 0 saturated carbocycles. The summed E-state index contributed by atoms with van der Waals surface area (Å²) in [6.45, 7) is 3.06. The Labute approximate surface area is 345 Å². The van der Waals surface area contributed by atoms with Crippen molar-refractivity contribution in [3.05, 3.63) is 0 Å².